The van der Waals surface area contributed by atoms with E-state index in [9.17, 15) is 8.42 Å². The van der Waals surface area contributed by atoms with Crippen LogP contribution in [-0.2, 0) is 21.3 Å². The van der Waals surface area contributed by atoms with E-state index in [1.165, 1.54) is 0 Å². The number of sulfonamides is 1. The zero-order valence-corrected chi connectivity index (χ0v) is 16.1. The minimum Gasteiger partial charge on any atom is -0.370 e. The zero-order valence-electron chi connectivity index (χ0n) is 15.3. The number of likely N-dealkylation sites (tertiary alicyclic amines) is 1. The maximum Gasteiger partial charge on any atom is 0.240 e. The van der Waals surface area contributed by atoms with Crippen LogP contribution in [0.1, 0.15) is 25.0 Å². The van der Waals surface area contributed by atoms with E-state index in [4.69, 9.17) is 4.74 Å². The van der Waals surface area contributed by atoms with Gasteiger partial charge >= 0.3 is 0 Å². The van der Waals surface area contributed by atoms with Crippen LogP contribution < -0.4 is 4.72 Å². The molecule has 2 aromatic rings. The fourth-order valence-electron chi connectivity index (χ4n) is 3.92. The largest absolute Gasteiger partial charge is 0.370 e. The predicted molar refractivity (Wildman–Crippen MR) is 103 cm³/mol. The summed E-state index contributed by atoms with van der Waals surface area (Å²) in [7, 11) is -3.46. The third-order valence-corrected chi connectivity index (χ3v) is 6.89. The summed E-state index contributed by atoms with van der Waals surface area (Å²) in [5.41, 5.74) is 1.03. The van der Waals surface area contributed by atoms with E-state index in [-0.39, 0.29) is 11.7 Å². The van der Waals surface area contributed by atoms with E-state index in [0.717, 1.165) is 44.6 Å². The number of hydrogen-bond donors (Lipinski definition) is 1. The van der Waals surface area contributed by atoms with Crippen molar-refractivity contribution in [3.63, 3.8) is 0 Å². The molecule has 0 unspecified atom stereocenters. The molecular formula is C20H25N3O3S. The lowest BCUT2D eigenvalue weighted by Gasteiger charge is -2.52. The molecule has 0 radical (unpaired) electrons. The van der Waals surface area contributed by atoms with Crippen molar-refractivity contribution in [1.82, 2.24) is 14.6 Å². The topological polar surface area (TPSA) is 71.5 Å². The quantitative estimate of drug-likeness (QED) is 0.823. The smallest absolute Gasteiger partial charge is 0.240 e. The second kappa shape index (κ2) is 7.67. The molecule has 0 amide bonds. The van der Waals surface area contributed by atoms with Crippen molar-refractivity contribution in [1.29, 1.82) is 0 Å². The predicted octanol–water partition coefficient (Wildman–Crippen LogP) is 2.18. The van der Waals surface area contributed by atoms with Gasteiger partial charge in [0, 0.05) is 38.8 Å². The highest BCUT2D eigenvalue weighted by molar-refractivity contribution is 7.89. The van der Waals surface area contributed by atoms with Crippen LogP contribution in [0.15, 0.2) is 59.6 Å². The van der Waals surface area contributed by atoms with E-state index < -0.39 is 10.0 Å². The number of rotatable bonds is 6. The Kier molecular flexibility index (Phi) is 5.27. The maximum absolute atomic E-state index is 12.3. The highest BCUT2D eigenvalue weighted by atomic mass is 32.2. The average molecular weight is 388 g/mol. The van der Waals surface area contributed by atoms with E-state index in [2.05, 4.69) is 20.7 Å². The molecule has 144 valence electrons. The number of nitrogens with zero attached hydrogens (tertiary/aromatic N) is 2. The lowest BCUT2D eigenvalue weighted by atomic mass is 9.80. The first-order chi connectivity index (χ1) is 13.0. The van der Waals surface area contributed by atoms with Crippen LogP contribution >= 0.6 is 0 Å². The molecule has 6 nitrogen and oxygen atoms in total. The van der Waals surface area contributed by atoms with Crippen molar-refractivity contribution in [2.75, 3.05) is 19.6 Å². The van der Waals surface area contributed by atoms with Gasteiger partial charge in [-0.3, -0.25) is 9.88 Å². The summed E-state index contributed by atoms with van der Waals surface area (Å²) in [5.74, 6) is 0. The van der Waals surface area contributed by atoms with Gasteiger partial charge in [0.25, 0.3) is 0 Å². The summed E-state index contributed by atoms with van der Waals surface area (Å²) in [6, 6.07) is 14.5. The van der Waals surface area contributed by atoms with Crippen LogP contribution in [0.2, 0.25) is 0 Å². The van der Waals surface area contributed by atoms with Crippen molar-refractivity contribution in [3.8, 4) is 0 Å². The number of piperidine rings is 1. The second-order valence-electron chi connectivity index (χ2n) is 7.39. The van der Waals surface area contributed by atoms with Crippen LogP contribution in [0, 0.1) is 0 Å². The third-order valence-electron chi connectivity index (χ3n) is 5.45. The lowest BCUT2D eigenvalue weighted by molar-refractivity contribution is -0.222. The van der Waals surface area contributed by atoms with Gasteiger partial charge in [0.15, 0.2) is 0 Å². The monoisotopic (exact) mass is 387 g/mol. The Morgan fingerprint density at radius 2 is 1.81 bits per heavy atom. The van der Waals surface area contributed by atoms with Crippen LogP contribution in [0.4, 0.5) is 0 Å². The minimum atomic E-state index is -3.46. The lowest BCUT2D eigenvalue weighted by Crippen LogP contribution is -2.58. The van der Waals surface area contributed by atoms with Crippen LogP contribution in [0.25, 0.3) is 0 Å². The van der Waals surface area contributed by atoms with Gasteiger partial charge in [-0.1, -0.05) is 24.3 Å². The highest BCUT2D eigenvalue weighted by Crippen LogP contribution is 2.41. The first-order valence-electron chi connectivity index (χ1n) is 9.40. The first kappa shape index (κ1) is 18.6. The molecule has 1 aromatic heterocycles. The van der Waals surface area contributed by atoms with E-state index in [0.29, 0.717) is 11.4 Å². The van der Waals surface area contributed by atoms with E-state index in [1.807, 2.05) is 18.3 Å². The molecule has 0 saturated carbocycles. The van der Waals surface area contributed by atoms with Gasteiger partial charge in [0.1, 0.15) is 0 Å². The third kappa shape index (κ3) is 4.38. The summed E-state index contributed by atoms with van der Waals surface area (Å²) >= 11 is 0. The Bertz CT molecular complexity index is 843. The molecular weight excluding hydrogens is 362 g/mol. The molecule has 3 heterocycles. The number of pyridine rings is 1. The number of hydrogen-bond acceptors (Lipinski definition) is 5. The Labute approximate surface area is 160 Å². The van der Waals surface area contributed by atoms with Crippen molar-refractivity contribution in [2.24, 2.45) is 0 Å². The molecule has 27 heavy (non-hydrogen) atoms. The molecule has 4 rings (SSSR count). The SMILES string of the molecule is O=S(=O)(NC[C@H]1CC2(CCN(Cc3ccccn3)CC2)O1)c1ccccc1. The number of ether oxygens (including phenoxy) is 1. The van der Waals surface area contributed by atoms with Gasteiger partial charge in [-0.2, -0.15) is 0 Å². The molecule has 1 N–H and O–H groups in total. The summed E-state index contributed by atoms with van der Waals surface area (Å²) in [6.45, 7) is 3.17. The van der Waals surface area contributed by atoms with E-state index >= 15 is 0 Å². The maximum atomic E-state index is 12.3. The average Bonchev–Trinajstić information content (AvgIpc) is 2.67. The Morgan fingerprint density at radius 1 is 1.11 bits per heavy atom. The standard InChI is InChI=1S/C20H25N3O3S/c24-27(25,19-7-2-1-3-8-19)22-15-18-14-20(26-18)9-12-23(13-10-20)16-17-6-4-5-11-21-17/h1-8,11,18,22H,9-10,12-16H2/t18-/m1/s1. The molecule has 1 spiro atoms. The Hall–Kier alpha value is -1.80. The van der Waals surface area contributed by atoms with Crippen LogP contribution in [-0.4, -0.2) is 49.6 Å². The number of nitrogens with one attached hydrogen (secondary N) is 1. The summed E-state index contributed by atoms with van der Waals surface area (Å²) in [6.07, 6.45) is 4.69. The zero-order chi connectivity index (χ0) is 18.7. The van der Waals surface area contributed by atoms with E-state index in [1.54, 1.807) is 30.3 Å². The second-order valence-corrected chi connectivity index (χ2v) is 9.16. The first-order valence-corrected chi connectivity index (χ1v) is 10.9. The molecule has 7 heteroatoms. The van der Waals surface area contributed by atoms with Crippen LogP contribution in [0.3, 0.4) is 0 Å². The summed E-state index contributed by atoms with van der Waals surface area (Å²) < 4.78 is 33.4. The molecule has 0 aliphatic carbocycles. The fraction of sp³-hybridized carbons (Fsp3) is 0.450. The van der Waals surface area contributed by atoms with Gasteiger partial charge in [0.05, 0.1) is 22.3 Å². The molecule has 2 aliphatic rings. The fourth-order valence-corrected chi connectivity index (χ4v) is 5.01. The van der Waals surface area contributed by atoms with Gasteiger partial charge in [0.2, 0.25) is 10.0 Å². The molecule has 2 fully saturated rings. The molecule has 1 aromatic carbocycles. The highest BCUT2D eigenvalue weighted by Gasteiger charge is 2.47. The van der Waals surface area contributed by atoms with Crippen LogP contribution in [0.5, 0.6) is 0 Å². The molecule has 0 bridgehead atoms. The van der Waals surface area contributed by atoms with Gasteiger partial charge in [-0.05, 0) is 37.1 Å². The minimum absolute atomic E-state index is 0.0363. The van der Waals surface area contributed by atoms with Gasteiger partial charge in [-0.15, -0.1) is 0 Å². The normalized spacial score (nSPS) is 22.4. The van der Waals surface area contributed by atoms with Crippen molar-refractivity contribution in [3.05, 3.63) is 60.4 Å². The van der Waals surface area contributed by atoms with Crippen molar-refractivity contribution < 1.29 is 13.2 Å². The van der Waals surface area contributed by atoms with Crippen molar-refractivity contribution >= 4 is 10.0 Å². The Balaban J connectivity index is 1.22. The molecule has 2 saturated heterocycles. The Morgan fingerprint density at radius 3 is 2.48 bits per heavy atom. The van der Waals surface area contributed by atoms with Crippen molar-refractivity contribution in [2.45, 2.75) is 42.4 Å². The summed E-state index contributed by atoms with van der Waals surface area (Å²) in [4.78, 5) is 7.09. The van der Waals surface area contributed by atoms with Gasteiger partial charge < -0.3 is 4.74 Å². The number of aromatic nitrogens is 1. The van der Waals surface area contributed by atoms with Gasteiger partial charge in [-0.25, -0.2) is 13.1 Å². The molecule has 2 aliphatic heterocycles. The molecule has 1 atom stereocenters. The summed E-state index contributed by atoms with van der Waals surface area (Å²) in [5, 5.41) is 0. The number of benzene rings is 1.